The second-order valence-corrected chi connectivity index (χ2v) is 7.58. The first-order valence-corrected chi connectivity index (χ1v) is 8.39. The van der Waals surface area contributed by atoms with Crippen LogP contribution in [0, 0.1) is 23.2 Å². The van der Waals surface area contributed by atoms with Gasteiger partial charge in [0.05, 0.1) is 16.5 Å². The van der Waals surface area contributed by atoms with E-state index < -0.39 is 10.0 Å². The molecular formula is C15H20N2O2S. The highest BCUT2D eigenvalue weighted by Crippen LogP contribution is 2.27. The fraction of sp³-hybridized carbons (Fsp3) is 0.533. The van der Waals surface area contributed by atoms with Crippen LogP contribution < -0.4 is 0 Å². The average Bonchev–Trinajstić information content (AvgIpc) is 2.47. The first-order chi connectivity index (χ1) is 9.45. The molecule has 1 aromatic rings. The summed E-state index contributed by atoms with van der Waals surface area (Å²) in [6, 6.07) is 8.14. The van der Waals surface area contributed by atoms with Crippen molar-refractivity contribution in [1.82, 2.24) is 4.31 Å². The van der Waals surface area contributed by atoms with E-state index in [9.17, 15) is 8.42 Å². The van der Waals surface area contributed by atoms with Crippen LogP contribution in [0.2, 0.25) is 0 Å². The maximum Gasteiger partial charge on any atom is 0.243 e. The third kappa shape index (κ3) is 3.02. The van der Waals surface area contributed by atoms with Crippen LogP contribution in [0.3, 0.4) is 0 Å². The number of nitrogens with zero attached hydrogens (tertiary/aromatic N) is 2. The molecule has 20 heavy (non-hydrogen) atoms. The van der Waals surface area contributed by atoms with E-state index in [1.54, 1.807) is 16.4 Å². The van der Waals surface area contributed by atoms with E-state index in [-0.39, 0.29) is 4.90 Å². The van der Waals surface area contributed by atoms with Gasteiger partial charge in [0.15, 0.2) is 0 Å². The smallest absolute Gasteiger partial charge is 0.207 e. The van der Waals surface area contributed by atoms with Gasteiger partial charge in [0.1, 0.15) is 0 Å². The summed E-state index contributed by atoms with van der Waals surface area (Å²) >= 11 is 0. The van der Waals surface area contributed by atoms with Crippen LogP contribution in [0.25, 0.3) is 0 Å². The molecule has 4 nitrogen and oxygen atoms in total. The fourth-order valence-corrected chi connectivity index (χ4v) is 4.12. The molecule has 2 rings (SSSR count). The molecular weight excluding hydrogens is 272 g/mol. The van der Waals surface area contributed by atoms with E-state index in [1.807, 2.05) is 6.07 Å². The number of sulfonamides is 1. The molecule has 1 aliphatic heterocycles. The molecule has 1 atom stereocenters. The molecule has 1 aliphatic rings. The minimum atomic E-state index is -3.43. The maximum atomic E-state index is 12.6. The van der Waals surface area contributed by atoms with Gasteiger partial charge in [0, 0.05) is 13.1 Å². The Hall–Kier alpha value is -1.38. The standard InChI is InChI=1S/C15H20N2O2S/c1-12(2)14-4-3-9-17(11-14)20(18,19)15-7-5-13(10-16)6-8-15/h5-8,12,14H,3-4,9,11H2,1-2H3/t14-/m1/s1. The normalized spacial score (nSPS) is 20.8. The molecule has 108 valence electrons. The van der Waals surface area contributed by atoms with E-state index in [2.05, 4.69) is 13.8 Å². The van der Waals surface area contributed by atoms with Gasteiger partial charge in [-0.3, -0.25) is 0 Å². The van der Waals surface area contributed by atoms with Gasteiger partial charge in [-0.2, -0.15) is 9.57 Å². The van der Waals surface area contributed by atoms with Crippen molar-refractivity contribution < 1.29 is 8.42 Å². The number of hydrogen-bond donors (Lipinski definition) is 0. The Morgan fingerprint density at radius 1 is 1.30 bits per heavy atom. The number of hydrogen-bond acceptors (Lipinski definition) is 3. The summed E-state index contributed by atoms with van der Waals surface area (Å²) in [5, 5.41) is 8.77. The van der Waals surface area contributed by atoms with Crippen molar-refractivity contribution in [2.45, 2.75) is 31.6 Å². The SMILES string of the molecule is CC(C)[C@@H]1CCCN(S(=O)(=O)c2ccc(C#N)cc2)C1. The first kappa shape index (κ1) is 15.0. The number of benzene rings is 1. The predicted octanol–water partition coefficient (Wildman–Crippen LogP) is 2.61. The van der Waals surface area contributed by atoms with Crippen molar-refractivity contribution in [2.24, 2.45) is 11.8 Å². The van der Waals surface area contributed by atoms with Gasteiger partial charge in [0.25, 0.3) is 0 Å². The van der Waals surface area contributed by atoms with Crippen molar-refractivity contribution in [1.29, 1.82) is 5.26 Å². The Morgan fingerprint density at radius 3 is 2.50 bits per heavy atom. The lowest BCUT2D eigenvalue weighted by atomic mass is 9.89. The average molecular weight is 292 g/mol. The minimum absolute atomic E-state index is 0.279. The van der Waals surface area contributed by atoms with Crippen LogP contribution in [0.4, 0.5) is 0 Å². The van der Waals surface area contributed by atoms with Gasteiger partial charge in [-0.1, -0.05) is 13.8 Å². The summed E-state index contributed by atoms with van der Waals surface area (Å²) in [5.41, 5.74) is 0.475. The number of nitriles is 1. The molecule has 1 aromatic carbocycles. The minimum Gasteiger partial charge on any atom is -0.207 e. The molecule has 1 fully saturated rings. The van der Waals surface area contributed by atoms with Crippen LogP contribution in [0.1, 0.15) is 32.3 Å². The van der Waals surface area contributed by atoms with Crippen molar-refractivity contribution in [3.8, 4) is 6.07 Å². The summed E-state index contributed by atoms with van der Waals surface area (Å²) in [7, 11) is -3.43. The van der Waals surface area contributed by atoms with Gasteiger partial charge in [-0.05, 0) is 48.9 Å². The molecule has 0 amide bonds. The largest absolute Gasteiger partial charge is 0.243 e. The van der Waals surface area contributed by atoms with E-state index >= 15 is 0 Å². The second-order valence-electron chi connectivity index (χ2n) is 5.65. The van der Waals surface area contributed by atoms with Crippen LogP contribution in [0.5, 0.6) is 0 Å². The zero-order valence-electron chi connectivity index (χ0n) is 11.9. The summed E-state index contributed by atoms with van der Waals surface area (Å²) < 4.78 is 26.8. The van der Waals surface area contributed by atoms with Crippen molar-refractivity contribution in [2.75, 3.05) is 13.1 Å². The van der Waals surface area contributed by atoms with Crippen molar-refractivity contribution >= 4 is 10.0 Å². The van der Waals surface area contributed by atoms with Crippen molar-refractivity contribution in [3.05, 3.63) is 29.8 Å². The lowest BCUT2D eigenvalue weighted by Crippen LogP contribution is -2.41. The molecule has 0 N–H and O–H groups in total. The molecule has 0 aromatic heterocycles. The molecule has 0 saturated carbocycles. The molecule has 1 heterocycles. The van der Waals surface area contributed by atoms with E-state index in [1.165, 1.54) is 12.1 Å². The number of piperidine rings is 1. The highest BCUT2D eigenvalue weighted by molar-refractivity contribution is 7.89. The quantitative estimate of drug-likeness (QED) is 0.860. The molecule has 5 heteroatoms. The molecule has 1 saturated heterocycles. The predicted molar refractivity (Wildman–Crippen MR) is 77.5 cm³/mol. The Morgan fingerprint density at radius 2 is 1.95 bits per heavy atom. The Labute approximate surface area is 121 Å². The first-order valence-electron chi connectivity index (χ1n) is 6.95. The summed E-state index contributed by atoms with van der Waals surface area (Å²) in [6.45, 7) is 5.47. The van der Waals surface area contributed by atoms with E-state index in [4.69, 9.17) is 5.26 Å². The highest BCUT2D eigenvalue weighted by atomic mass is 32.2. The third-order valence-electron chi connectivity index (χ3n) is 3.98. The third-order valence-corrected chi connectivity index (χ3v) is 5.86. The maximum absolute atomic E-state index is 12.6. The Kier molecular flexibility index (Phi) is 4.46. The van der Waals surface area contributed by atoms with E-state index in [0.29, 0.717) is 30.5 Å². The van der Waals surface area contributed by atoms with Gasteiger partial charge in [0.2, 0.25) is 10.0 Å². The van der Waals surface area contributed by atoms with E-state index in [0.717, 1.165) is 12.8 Å². The zero-order chi connectivity index (χ0) is 14.8. The fourth-order valence-electron chi connectivity index (χ4n) is 2.59. The van der Waals surface area contributed by atoms with Gasteiger partial charge < -0.3 is 0 Å². The van der Waals surface area contributed by atoms with Gasteiger partial charge >= 0.3 is 0 Å². The zero-order valence-corrected chi connectivity index (χ0v) is 12.7. The monoisotopic (exact) mass is 292 g/mol. The molecule has 0 unspecified atom stereocenters. The molecule has 0 aliphatic carbocycles. The van der Waals surface area contributed by atoms with Crippen LogP contribution in [-0.4, -0.2) is 25.8 Å². The summed E-state index contributed by atoms with van der Waals surface area (Å²) in [6.07, 6.45) is 2.01. The highest BCUT2D eigenvalue weighted by Gasteiger charge is 2.31. The number of rotatable bonds is 3. The lowest BCUT2D eigenvalue weighted by molar-refractivity contribution is 0.219. The Bertz CT molecular complexity index is 600. The molecule has 0 bridgehead atoms. The van der Waals surface area contributed by atoms with Crippen LogP contribution in [-0.2, 0) is 10.0 Å². The topological polar surface area (TPSA) is 61.2 Å². The van der Waals surface area contributed by atoms with Crippen LogP contribution >= 0.6 is 0 Å². The molecule has 0 spiro atoms. The molecule has 0 radical (unpaired) electrons. The van der Waals surface area contributed by atoms with Gasteiger partial charge in [-0.25, -0.2) is 8.42 Å². The van der Waals surface area contributed by atoms with Crippen LogP contribution in [0.15, 0.2) is 29.2 Å². The summed E-state index contributed by atoms with van der Waals surface area (Å²) in [4.78, 5) is 0.279. The summed E-state index contributed by atoms with van der Waals surface area (Å²) in [5.74, 6) is 0.922. The lowest BCUT2D eigenvalue weighted by Gasteiger charge is -2.33. The van der Waals surface area contributed by atoms with Crippen molar-refractivity contribution in [3.63, 3.8) is 0 Å². The van der Waals surface area contributed by atoms with Gasteiger partial charge in [-0.15, -0.1) is 0 Å². The Balaban J connectivity index is 2.23. The second kappa shape index (κ2) is 5.94.